The van der Waals surface area contributed by atoms with Crippen molar-refractivity contribution in [2.75, 3.05) is 18.0 Å². The molecule has 11 rings (SSSR count). The third-order valence-corrected chi connectivity index (χ3v) is 11.0. The Morgan fingerprint density at radius 1 is 0.522 bits per heavy atom. The second-order valence-electron chi connectivity index (χ2n) is 13.3. The molecule has 4 heterocycles. The number of para-hydroxylation sites is 2. The molecule has 0 saturated heterocycles. The lowest BCUT2D eigenvalue weighted by molar-refractivity contribution is 0.466. The first-order valence-corrected chi connectivity index (χ1v) is 16.7. The first-order chi connectivity index (χ1) is 22.8. The minimum absolute atomic E-state index is 0.0350. The fourth-order valence-electron chi connectivity index (χ4n) is 9.18. The van der Waals surface area contributed by atoms with Gasteiger partial charge in [0.1, 0.15) is 23.0 Å². The lowest BCUT2D eigenvalue weighted by Gasteiger charge is -2.40. The van der Waals surface area contributed by atoms with E-state index >= 15 is 0 Å². The standard InChI is InChI=1S/C42H30BNO2/c1-3-14-28-26(12-1)32-24-37-40-42(46-36-20-8-6-18-34(36)43(40)33-17-5-7-19-35(33)45-37)39(32)29-15-4-2-13-27(29)31-23-25-11-9-21-44-22-10-16-30(38(28)31)41(25)44/h1-8,12-15,17-20,23-24H,9-11,16,21-22H2. The van der Waals surface area contributed by atoms with Crippen LogP contribution in [0.15, 0.2) is 109 Å². The van der Waals surface area contributed by atoms with E-state index in [0.717, 1.165) is 65.5 Å². The summed E-state index contributed by atoms with van der Waals surface area (Å²) in [6.07, 6.45) is 4.67. The zero-order chi connectivity index (χ0) is 29.9. The molecular weight excluding hydrogens is 561 g/mol. The van der Waals surface area contributed by atoms with Crippen molar-refractivity contribution in [1.29, 1.82) is 0 Å². The van der Waals surface area contributed by atoms with E-state index in [1.807, 2.05) is 0 Å². The summed E-state index contributed by atoms with van der Waals surface area (Å²) < 4.78 is 13.9. The molecule has 6 aromatic rings. The summed E-state index contributed by atoms with van der Waals surface area (Å²) in [5.74, 6) is 3.64. The van der Waals surface area contributed by atoms with Crippen molar-refractivity contribution in [3.8, 4) is 67.5 Å². The van der Waals surface area contributed by atoms with Crippen LogP contribution in [0.25, 0.3) is 44.5 Å². The van der Waals surface area contributed by atoms with Crippen LogP contribution in [-0.2, 0) is 12.8 Å². The molecule has 0 saturated carbocycles. The summed E-state index contributed by atoms with van der Waals surface area (Å²) in [5.41, 5.74) is 18.2. The second kappa shape index (κ2) is 9.17. The molecule has 0 unspecified atom stereocenters. The van der Waals surface area contributed by atoms with Crippen molar-refractivity contribution in [3.05, 3.63) is 120 Å². The Bertz CT molecular complexity index is 2290. The van der Waals surface area contributed by atoms with Gasteiger partial charge < -0.3 is 14.4 Å². The van der Waals surface area contributed by atoms with Gasteiger partial charge in [-0.1, -0.05) is 84.9 Å². The number of benzene rings is 6. The Kier molecular flexibility index (Phi) is 4.99. The first-order valence-electron chi connectivity index (χ1n) is 16.7. The minimum atomic E-state index is 0.0350. The van der Waals surface area contributed by atoms with Gasteiger partial charge in [-0.15, -0.1) is 0 Å². The van der Waals surface area contributed by atoms with E-state index in [1.54, 1.807) is 0 Å². The monoisotopic (exact) mass is 591 g/mol. The van der Waals surface area contributed by atoms with Gasteiger partial charge in [0, 0.05) is 29.8 Å². The van der Waals surface area contributed by atoms with E-state index < -0.39 is 0 Å². The Labute approximate surface area is 269 Å². The molecule has 4 heteroatoms. The number of hydrogen-bond acceptors (Lipinski definition) is 3. The van der Waals surface area contributed by atoms with Crippen molar-refractivity contribution >= 4 is 28.8 Å². The molecule has 1 aliphatic carbocycles. The molecule has 0 atom stereocenters. The Morgan fingerprint density at radius 3 is 1.85 bits per heavy atom. The molecule has 0 spiro atoms. The molecule has 46 heavy (non-hydrogen) atoms. The highest BCUT2D eigenvalue weighted by molar-refractivity contribution is 6.98. The maximum atomic E-state index is 7.07. The fraction of sp³-hybridized carbons (Fsp3) is 0.143. The van der Waals surface area contributed by atoms with Gasteiger partial charge in [0.25, 0.3) is 6.71 Å². The van der Waals surface area contributed by atoms with Crippen molar-refractivity contribution in [2.24, 2.45) is 0 Å². The Balaban J connectivity index is 1.29. The smallest absolute Gasteiger partial charge is 0.260 e. The van der Waals surface area contributed by atoms with Crippen LogP contribution in [0.3, 0.4) is 0 Å². The third kappa shape index (κ3) is 3.24. The van der Waals surface area contributed by atoms with Crippen molar-refractivity contribution in [2.45, 2.75) is 25.7 Å². The molecule has 5 aliphatic rings. The van der Waals surface area contributed by atoms with Crippen LogP contribution in [0.4, 0.5) is 5.69 Å². The van der Waals surface area contributed by atoms with Gasteiger partial charge >= 0.3 is 0 Å². The summed E-state index contributed by atoms with van der Waals surface area (Å²) in [6.45, 7) is 2.36. The van der Waals surface area contributed by atoms with Crippen LogP contribution in [0.5, 0.6) is 23.0 Å². The van der Waals surface area contributed by atoms with Gasteiger partial charge in [-0.2, -0.15) is 0 Å². The maximum absolute atomic E-state index is 7.07. The molecule has 4 aliphatic heterocycles. The Hall–Kier alpha value is -5.22. The molecule has 218 valence electrons. The number of fused-ring (bicyclic) bond motifs is 14. The van der Waals surface area contributed by atoms with E-state index in [-0.39, 0.29) is 6.71 Å². The molecule has 0 amide bonds. The van der Waals surface area contributed by atoms with Crippen LogP contribution >= 0.6 is 0 Å². The molecule has 0 radical (unpaired) electrons. The zero-order valence-electron chi connectivity index (χ0n) is 25.5. The van der Waals surface area contributed by atoms with Crippen LogP contribution in [-0.4, -0.2) is 19.8 Å². The van der Waals surface area contributed by atoms with E-state index in [4.69, 9.17) is 9.47 Å². The van der Waals surface area contributed by atoms with E-state index in [2.05, 4.69) is 114 Å². The molecule has 0 N–H and O–H groups in total. The first kappa shape index (κ1) is 25.0. The summed E-state index contributed by atoms with van der Waals surface area (Å²) in [4.78, 5) is 2.66. The number of ether oxygens (including phenoxy) is 2. The van der Waals surface area contributed by atoms with Crippen LogP contribution in [0, 0.1) is 0 Å². The number of aryl methyl sites for hydroxylation is 1. The van der Waals surface area contributed by atoms with Crippen LogP contribution in [0.2, 0.25) is 0 Å². The Morgan fingerprint density at radius 2 is 1.11 bits per heavy atom. The highest BCUT2D eigenvalue weighted by Crippen LogP contribution is 2.56. The van der Waals surface area contributed by atoms with E-state index in [1.165, 1.54) is 74.0 Å². The molecule has 3 nitrogen and oxygen atoms in total. The van der Waals surface area contributed by atoms with Gasteiger partial charge in [-0.25, -0.2) is 0 Å². The maximum Gasteiger partial charge on any atom is 0.260 e. The number of hydrogen-bond donors (Lipinski definition) is 0. The number of anilines is 1. The normalized spacial score (nSPS) is 15.6. The van der Waals surface area contributed by atoms with Gasteiger partial charge in [0.15, 0.2) is 0 Å². The van der Waals surface area contributed by atoms with Gasteiger partial charge in [-0.05, 0) is 111 Å². The van der Waals surface area contributed by atoms with Crippen LogP contribution in [0.1, 0.15) is 24.0 Å². The van der Waals surface area contributed by atoms with E-state index in [9.17, 15) is 0 Å². The quantitative estimate of drug-likeness (QED) is 0.167. The lowest BCUT2D eigenvalue weighted by Crippen LogP contribution is -2.57. The van der Waals surface area contributed by atoms with Crippen LogP contribution < -0.4 is 30.8 Å². The topological polar surface area (TPSA) is 21.7 Å². The zero-order valence-corrected chi connectivity index (χ0v) is 25.5. The fourth-order valence-corrected chi connectivity index (χ4v) is 9.18. The van der Waals surface area contributed by atoms with Gasteiger partial charge in [0.05, 0.1) is 0 Å². The molecule has 0 bridgehead atoms. The predicted molar refractivity (Wildman–Crippen MR) is 188 cm³/mol. The van der Waals surface area contributed by atoms with Gasteiger partial charge in [0.2, 0.25) is 0 Å². The molecule has 6 aromatic carbocycles. The lowest BCUT2D eigenvalue weighted by atomic mass is 9.34. The van der Waals surface area contributed by atoms with E-state index in [0.29, 0.717) is 0 Å². The third-order valence-electron chi connectivity index (χ3n) is 11.0. The van der Waals surface area contributed by atoms with Crippen molar-refractivity contribution in [1.82, 2.24) is 0 Å². The summed E-state index contributed by atoms with van der Waals surface area (Å²) >= 11 is 0. The average Bonchev–Trinajstić information content (AvgIpc) is 3.11. The average molecular weight is 592 g/mol. The van der Waals surface area contributed by atoms with Crippen molar-refractivity contribution in [3.63, 3.8) is 0 Å². The SMILES string of the molecule is c1ccc2c(c1)Oc1cc3c(c4c1B2c1ccccc1O4)-c1ccccc1-c1cc2c4c(c1-c1ccccc1-3)CCCN4CCC2. The molecular formula is C42H30BNO2. The summed E-state index contributed by atoms with van der Waals surface area (Å²) in [6, 6.07) is 40.0. The summed E-state index contributed by atoms with van der Waals surface area (Å²) in [5, 5.41) is 0. The van der Waals surface area contributed by atoms with Crippen molar-refractivity contribution < 1.29 is 9.47 Å². The number of nitrogens with zero attached hydrogens (tertiary/aromatic N) is 1. The molecule has 0 aromatic heterocycles. The second-order valence-corrected chi connectivity index (χ2v) is 13.3. The highest BCUT2D eigenvalue weighted by atomic mass is 16.5. The summed E-state index contributed by atoms with van der Waals surface area (Å²) in [7, 11) is 0. The predicted octanol–water partition coefficient (Wildman–Crippen LogP) is 8.09. The minimum Gasteiger partial charge on any atom is -0.458 e. The number of rotatable bonds is 0. The highest BCUT2D eigenvalue weighted by Gasteiger charge is 2.43. The molecule has 0 fully saturated rings. The van der Waals surface area contributed by atoms with Gasteiger partial charge in [-0.3, -0.25) is 0 Å². The largest absolute Gasteiger partial charge is 0.458 e.